The van der Waals surface area contributed by atoms with Gasteiger partial charge in [0.25, 0.3) is 0 Å². The van der Waals surface area contributed by atoms with Crippen LogP contribution >= 0.6 is 0 Å². The maximum absolute atomic E-state index is 11.6. The summed E-state index contributed by atoms with van der Waals surface area (Å²) >= 11 is 0. The maximum Gasteiger partial charge on any atom is 0.308 e. The van der Waals surface area contributed by atoms with Crippen LogP contribution in [0.1, 0.15) is 44.7 Å². The van der Waals surface area contributed by atoms with Gasteiger partial charge in [0, 0.05) is 32.4 Å². The summed E-state index contributed by atoms with van der Waals surface area (Å²) in [6, 6.07) is 8.43. The number of rotatable bonds is 8. The highest BCUT2D eigenvalue weighted by Crippen LogP contribution is 2.40. The highest BCUT2D eigenvalue weighted by atomic mass is 16.6. The molecule has 0 aliphatic rings. The minimum absolute atomic E-state index is 0.159. The summed E-state index contributed by atoms with van der Waals surface area (Å²) < 4.78 is 26.4. The average Bonchev–Trinajstić information content (AvgIpc) is 2.67. The molecule has 2 rings (SSSR count). The molecule has 2 aromatic rings. The Balaban J connectivity index is 2.44. The van der Waals surface area contributed by atoms with E-state index in [9.17, 15) is 14.4 Å². The van der Waals surface area contributed by atoms with Gasteiger partial charge in [0.1, 0.15) is 5.75 Å². The van der Waals surface area contributed by atoms with Crippen LogP contribution in [0.25, 0.3) is 0 Å². The molecule has 0 radical (unpaired) electrons. The third kappa shape index (κ3) is 6.47. The standard InChI is InChI=1S/C23H26O8/c1-13(9-17-7-8-19(27-5)22(10-17)30-15(3)25)18-11-23(31-16(4)26)21(28-6)12-20(18)29-14(2)24/h7-8,10-13H,9H2,1-6H3/t13-/m0/s1. The molecular weight excluding hydrogens is 404 g/mol. The first-order valence-corrected chi connectivity index (χ1v) is 9.58. The molecule has 0 saturated heterocycles. The lowest BCUT2D eigenvalue weighted by Crippen LogP contribution is -2.10. The molecule has 0 aliphatic carbocycles. The predicted molar refractivity (Wildman–Crippen MR) is 112 cm³/mol. The van der Waals surface area contributed by atoms with Crippen molar-refractivity contribution in [2.24, 2.45) is 0 Å². The largest absolute Gasteiger partial charge is 0.493 e. The Morgan fingerprint density at radius 3 is 1.74 bits per heavy atom. The molecular formula is C23H26O8. The molecule has 2 aromatic carbocycles. The predicted octanol–water partition coefficient (Wildman–Crippen LogP) is 3.83. The fraction of sp³-hybridized carbons (Fsp3) is 0.348. The molecule has 0 heterocycles. The second-order valence-corrected chi connectivity index (χ2v) is 6.91. The van der Waals surface area contributed by atoms with Gasteiger partial charge >= 0.3 is 17.9 Å². The number of methoxy groups -OCH3 is 2. The third-order valence-corrected chi connectivity index (χ3v) is 4.36. The first-order valence-electron chi connectivity index (χ1n) is 9.58. The second-order valence-electron chi connectivity index (χ2n) is 6.91. The van der Waals surface area contributed by atoms with Crippen LogP contribution in [0.4, 0.5) is 0 Å². The summed E-state index contributed by atoms with van der Waals surface area (Å²) in [5.74, 6) is -0.0526. The van der Waals surface area contributed by atoms with Crippen LogP contribution in [-0.2, 0) is 20.8 Å². The van der Waals surface area contributed by atoms with Crippen molar-refractivity contribution in [3.05, 3.63) is 41.5 Å². The summed E-state index contributed by atoms with van der Waals surface area (Å²) in [5.41, 5.74) is 1.51. The second kappa shape index (κ2) is 10.5. The Morgan fingerprint density at radius 2 is 1.23 bits per heavy atom. The smallest absolute Gasteiger partial charge is 0.308 e. The summed E-state index contributed by atoms with van der Waals surface area (Å²) in [6.07, 6.45) is 0.512. The number of esters is 3. The summed E-state index contributed by atoms with van der Waals surface area (Å²) in [6.45, 7) is 5.84. The van der Waals surface area contributed by atoms with Crippen molar-refractivity contribution in [2.45, 2.75) is 40.0 Å². The van der Waals surface area contributed by atoms with Crippen LogP contribution in [-0.4, -0.2) is 32.1 Å². The highest BCUT2D eigenvalue weighted by molar-refractivity contribution is 5.73. The highest BCUT2D eigenvalue weighted by Gasteiger charge is 2.21. The average molecular weight is 430 g/mol. The van der Waals surface area contributed by atoms with E-state index in [2.05, 4.69) is 0 Å². The van der Waals surface area contributed by atoms with Gasteiger partial charge in [-0.3, -0.25) is 14.4 Å². The Labute approximate surface area is 181 Å². The van der Waals surface area contributed by atoms with Gasteiger partial charge in [0.05, 0.1) is 14.2 Å². The molecule has 8 heteroatoms. The molecule has 0 aliphatic heterocycles. The van der Waals surface area contributed by atoms with E-state index < -0.39 is 17.9 Å². The third-order valence-electron chi connectivity index (χ3n) is 4.36. The van der Waals surface area contributed by atoms with Crippen molar-refractivity contribution in [1.82, 2.24) is 0 Å². The van der Waals surface area contributed by atoms with E-state index in [-0.39, 0.29) is 17.4 Å². The van der Waals surface area contributed by atoms with Crippen LogP contribution < -0.4 is 23.7 Å². The summed E-state index contributed by atoms with van der Waals surface area (Å²) in [5, 5.41) is 0. The number of carbonyl (C=O) groups excluding carboxylic acids is 3. The summed E-state index contributed by atoms with van der Waals surface area (Å²) in [7, 11) is 2.92. The lowest BCUT2D eigenvalue weighted by Gasteiger charge is -2.19. The van der Waals surface area contributed by atoms with Crippen LogP contribution in [0.5, 0.6) is 28.7 Å². The van der Waals surface area contributed by atoms with Gasteiger partial charge < -0.3 is 23.7 Å². The van der Waals surface area contributed by atoms with Crippen molar-refractivity contribution < 1.29 is 38.1 Å². The minimum atomic E-state index is -0.502. The van der Waals surface area contributed by atoms with Gasteiger partial charge in [-0.2, -0.15) is 0 Å². The van der Waals surface area contributed by atoms with Gasteiger partial charge in [0.15, 0.2) is 23.0 Å². The Kier molecular flexibility index (Phi) is 8.01. The van der Waals surface area contributed by atoms with E-state index in [0.29, 0.717) is 29.2 Å². The fourth-order valence-corrected chi connectivity index (χ4v) is 3.13. The van der Waals surface area contributed by atoms with Crippen LogP contribution in [0, 0.1) is 0 Å². The van der Waals surface area contributed by atoms with E-state index >= 15 is 0 Å². The van der Waals surface area contributed by atoms with E-state index in [1.807, 2.05) is 13.0 Å². The lowest BCUT2D eigenvalue weighted by atomic mass is 9.92. The first kappa shape index (κ1) is 23.7. The molecule has 0 saturated carbocycles. The molecule has 0 fully saturated rings. The van der Waals surface area contributed by atoms with Crippen LogP contribution in [0.3, 0.4) is 0 Å². The molecule has 0 bridgehead atoms. The van der Waals surface area contributed by atoms with Crippen molar-refractivity contribution in [2.75, 3.05) is 14.2 Å². The van der Waals surface area contributed by atoms with E-state index in [0.717, 1.165) is 5.56 Å². The van der Waals surface area contributed by atoms with E-state index in [4.69, 9.17) is 23.7 Å². The topological polar surface area (TPSA) is 97.4 Å². The number of ether oxygens (including phenoxy) is 5. The van der Waals surface area contributed by atoms with Crippen molar-refractivity contribution in [1.29, 1.82) is 0 Å². The van der Waals surface area contributed by atoms with E-state index in [1.54, 1.807) is 18.2 Å². The van der Waals surface area contributed by atoms with Gasteiger partial charge in [-0.1, -0.05) is 13.0 Å². The SMILES string of the molecule is COc1ccc(C[C@H](C)c2cc(OC(C)=O)c(OC)cc2OC(C)=O)cc1OC(C)=O. The maximum atomic E-state index is 11.6. The monoisotopic (exact) mass is 430 g/mol. The fourth-order valence-electron chi connectivity index (χ4n) is 3.13. The Morgan fingerprint density at radius 1 is 0.710 bits per heavy atom. The van der Waals surface area contributed by atoms with Gasteiger partial charge in [-0.25, -0.2) is 0 Å². The first-order chi connectivity index (χ1) is 14.6. The normalized spacial score (nSPS) is 11.3. The number of hydrogen-bond acceptors (Lipinski definition) is 8. The van der Waals surface area contributed by atoms with Crippen LogP contribution in [0.2, 0.25) is 0 Å². The molecule has 1 atom stereocenters. The summed E-state index contributed by atoms with van der Waals surface area (Å²) in [4.78, 5) is 34.5. The van der Waals surface area contributed by atoms with Gasteiger partial charge in [-0.15, -0.1) is 0 Å². The van der Waals surface area contributed by atoms with Gasteiger partial charge in [-0.05, 0) is 36.1 Å². The number of carbonyl (C=O) groups is 3. The zero-order chi connectivity index (χ0) is 23.1. The van der Waals surface area contributed by atoms with Crippen LogP contribution in [0.15, 0.2) is 30.3 Å². The molecule has 0 unspecified atom stereocenters. The molecule has 0 aromatic heterocycles. The zero-order valence-corrected chi connectivity index (χ0v) is 18.4. The number of hydrogen-bond donors (Lipinski definition) is 0. The zero-order valence-electron chi connectivity index (χ0n) is 18.4. The minimum Gasteiger partial charge on any atom is -0.493 e. The number of benzene rings is 2. The van der Waals surface area contributed by atoms with Gasteiger partial charge in [0.2, 0.25) is 0 Å². The Hall–Kier alpha value is -3.55. The van der Waals surface area contributed by atoms with E-state index in [1.165, 1.54) is 41.1 Å². The molecule has 8 nitrogen and oxygen atoms in total. The Bertz CT molecular complexity index is 980. The molecule has 0 amide bonds. The molecule has 31 heavy (non-hydrogen) atoms. The molecule has 166 valence electrons. The molecule has 0 N–H and O–H groups in total. The van der Waals surface area contributed by atoms with Crippen molar-refractivity contribution >= 4 is 17.9 Å². The molecule has 0 spiro atoms. The quantitative estimate of drug-likeness (QED) is 0.460. The lowest BCUT2D eigenvalue weighted by molar-refractivity contribution is -0.133. The van der Waals surface area contributed by atoms with Crippen molar-refractivity contribution in [3.8, 4) is 28.7 Å². The van der Waals surface area contributed by atoms with Crippen molar-refractivity contribution in [3.63, 3.8) is 0 Å².